The number of nitrogens with zero attached hydrogens (tertiary/aromatic N) is 1. The van der Waals surface area contributed by atoms with E-state index in [4.69, 9.17) is 18.5 Å². The van der Waals surface area contributed by atoms with Gasteiger partial charge in [-0.2, -0.15) is 0 Å². The van der Waals surface area contributed by atoms with Gasteiger partial charge in [-0.15, -0.1) is 0 Å². The Morgan fingerprint density at radius 2 is 1.53 bits per heavy atom. The molecule has 0 spiro atoms. The second-order valence-electron chi connectivity index (χ2n) is 8.17. The van der Waals surface area contributed by atoms with E-state index in [1.807, 2.05) is 60.7 Å². The van der Waals surface area contributed by atoms with Gasteiger partial charge < -0.3 is 23.6 Å². The molecule has 36 heavy (non-hydrogen) atoms. The van der Waals surface area contributed by atoms with Crippen molar-refractivity contribution >= 4 is 13.6 Å². The van der Waals surface area contributed by atoms with E-state index in [-0.39, 0.29) is 26.6 Å². The molecule has 0 fully saturated rings. The molecule has 0 aliphatic carbocycles. The van der Waals surface area contributed by atoms with Crippen molar-refractivity contribution < 1.29 is 33.0 Å². The van der Waals surface area contributed by atoms with Crippen LogP contribution >= 0.6 is 7.60 Å². The Morgan fingerprint density at radius 1 is 0.917 bits per heavy atom. The zero-order chi connectivity index (χ0) is 25.5. The summed E-state index contributed by atoms with van der Waals surface area (Å²) in [5.41, 5.74) is 1.94. The van der Waals surface area contributed by atoms with Crippen molar-refractivity contribution in [3.05, 3.63) is 95.6 Å². The number of rotatable bonds is 12. The Kier molecular flexibility index (Phi) is 8.44. The van der Waals surface area contributed by atoms with Gasteiger partial charge in [-0.1, -0.05) is 66.7 Å². The third-order valence-electron chi connectivity index (χ3n) is 5.82. The van der Waals surface area contributed by atoms with Crippen molar-refractivity contribution in [1.29, 1.82) is 0 Å². The zero-order valence-electron chi connectivity index (χ0n) is 20.3. The van der Waals surface area contributed by atoms with Crippen molar-refractivity contribution in [3.63, 3.8) is 0 Å². The summed E-state index contributed by atoms with van der Waals surface area (Å²) in [6, 6.07) is 22.4. The largest absolute Gasteiger partial charge is 0.480 e. The van der Waals surface area contributed by atoms with Gasteiger partial charge in [0.25, 0.3) is 0 Å². The monoisotopic (exact) mass is 511 g/mol. The predicted octanol–water partition coefficient (Wildman–Crippen LogP) is 6.01. The van der Waals surface area contributed by atoms with E-state index in [2.05, 4.69) is 0 Å². The van der Waals surface area contributed by atoms with Gasteiger partial charge >= 0.3 is 13.6 Å². The first-order valence-corrected chi connectivity index (χ1v) is 13.4. The minimum absolute atomic E-state index is 0.0702. The highest BCUT2D eigenvalue weighted by Gasteiger charge is 2.46. The van der Waals surface area contributed by atoms with Crippen molar-refractivity contribution in [2.45, 2.75) is 32.2 Å². The summed E-state index contributed by atoms with van der Waals surface area (Å²) >= 11 is 0. The fourth-order valence-corrected chi connectivity index (χ4v) is 6.58. The molecule has 0 amide bonds. The highest BCUT2D eigenvalue weighted by Crippen LogP contribution is 2.64. The number of ether oxygens (including phenoxy) is 2. The van der Waals surface area contributed by atoms with Gasteiger partial charge in [-0.25, -0.2) is 0 Å². The van der Waals surface area contributed by atoms with Crippen molar-refractivity contribution in [1.82, 2.24) is 4.90 Å². The summed E-state index contributed by atoms with van der Waals surface area (Å²) in [7, 11) is -3.87. The van der Waals surface area contributed by atoms with Crippen LogP contribution in [0.15, 0.2) is 78.9 Å². The molecule has 0 aromatic heterocycles. The third-order valence-corrected chi connectivity index (χ3v) is 8.25. The molecular formula is C27H30NO7P. The molecule has 0 saturated carbocycles. The lowest BCUT2D eigenvalue weighted by Gasteiger charge is -2.39. The van der Waals surface area contributed by atoms with Crippen LogP contribution in [0.3, 0.4) is 0 Å². The second-order valence-corrected chi connectivity index (χ2v) is 10.3. The van der Waals surface area contributed by atoms with Crippen molar-refractivity contribution in [2.75, 3.05) is 20.0 Å². The molecule has 0 radical (unpaired) electrons. The van der Waals surface area contributed by atoms with Gasteiger partial charge in [0, 0.05) is 6.54 Å². The number of hydrogen-bond donors (Lipinski definition) is 1. The molecule has 4 rings (SSSR count). The number of carboxylic acids is 1. The van der Waals surface area contributed by atoms with Gasteiger partial charge in [-0.3, -0.25) is 14.3 Å². The number of carbonyl (C=O) groups is 1. The lowest BCUT2D eigenvalue weighted by molar-refractivity contribution is -0.144. The van der Waals surface area contributed by atoms with Crippen molar-refractivity contribution in [3.8, 4) is 11.5 Å². The molecule has 3 aromatic rings. The van der Waals surface area contributed by atoms with Crippen LogP contribution in [0.5, 0.6) is 11.5 Å². The molecule has 9 heteroatoms. The molecular weight excluding hydrogens is 481 g/mol. The average molecular weight is 512 g/mol. The first kappa shape index (κ1) is 25.9. The summed E-state index contributed by atoms with van der Waals surface area (Å²) in [6.07, 6.45) is 0. The van der Waals surface area contributed by atoms with Crippen LogP contribution in [-0.4, -0.2) is 36.0 Å². The van der Waals surface area contributed by atoms with E-state index in [1.165, 1.54) is 0 Å². The molecule has 3 aromatic carbocycles. The summed E-state index contributed by atoms with van der Waals surface area (Å²) in [6.45, 7) is 4.00. The van der Waals surface area contributed by atoms with Crippen LogP contribution in [0.4, 0.5) is 0 Å². The van der Waals surface area contributed by atoms with E-state index >= 15 is 0 Å². The maximum Gasteiger partial charge on any atom is 0.352 e. The van der Waals surface area contributed by atoms with Crippen LogP contribution in [0.1, 0.15) is 42.4 Å². The van der Waals surface area contributed by atoms with Crippen LogP contribution in [-0.2, 0) is 25.0 Å². The summed E-state index contributed by atoms with van der Waals surface area (Å²) in [4.78, 5) is 14.6. The number of fused-ring (bicyclic) bond motifs is 1. The number of benzene rings is 3. The lowest BCUT2D eigenvalue weighted by Crippen LogP contribution is -2.37. The molecule has 8 nitrogen and oxygen atoms in total. The Morgan fingerprint density at radius 3 is 2.14 bits per heavy atom. The van der Waals surface area contributed by atoms with Gasteiger partial charge in [0.2, 0.25) is 6.79 Å². The third kappa shape index (κ3) is 5.63. The van der Waals surface area contributed by atoms with Crippen LogP contribution in [0.25, 0.3) is 0 Å². The molecule has 1 aliphatic heterocycles. The fraction of sp³-hybridized carbons (Fsp3) is 0.296. The fourth-order valence-electron chi connectivity index (χ4n) is 4.39. The predicted molar refractivity (Wildman–Crippen MR) is 135 cm³/mol. The molecule has 2 unspecified atom stereocenters. The maximum absolute atomic E-state index is 14.4. The normalized spacial score (nSPS) is 14.5. The van der Waals surface area contributed by atoms with Crippen molar-refractivity contribution in [2.24, 2.45) is 0 Å². The maximum atomic E-state index is 14.4. The van der Waals surface area contributed by atoms with E-state index in [1.54, 1.807) is 36.9 Å². The summed E-state index contributed by atoms with van der Waals surface area (Å²) in [5, 5.41) is 10.6. The molecule has 0 saturated heterocycles. The van der Waals surface area contributed by atoms with Crippen LogP contribution in [0, 0.1) is 0 Å². The van der Waals surface area contributed by atoms with Gasteiger partial charge in [0.1, 0.15) is 11.8 Å². The minimum Gasteiger partial charge on any atom is -0.480 e. The first-order valence-electron chi connectivity index (χ1n) is 11.8. The van der Waals surface area contributed by atoms with Crippen LogP contribution < -0.4 is 9.47 Å². The Bertz CT molecular complexity index is 1200. The molecule has 1 aliphatic rings. The highest BCUT2D eigenvalue weighted by molar-refractivity contribution is 7.54. The quantitative estimate of drug-likeness (QED) is 0.296. The van der Waals surface area contributed by atoms with E-state index in [0.717, 1.165) is 5.56 Å². The molecule has 190 valence electrons. The van der Waals surface area contributed by atoms with Gasteiger partial charge in [0.05, 0.1) is 13.2 Å². The molecule has 0 bridgehead atoms. The SMILES string of the molecule is CCOP(=O)(OCC)C(c1ccccc1)N(Cc1ccccc1)C(C(=O)O)c1ccc2c(c1)OCO2. The standard InChI is InChI=1S/C27H30NO7P/c1-3-34-36(31,35-4-2)26(21-13-9-6-10-14-21)28(18-20-11-7-5-8-12-20)25(27(29)30)22-15-16-23-24(17-22)33-19-32-23/h5-17,25-26H,3-4,18-19H2,1-2H3,(H,29,30). The lowest BCUT2D eigenvalue weighted by atomic mass is 10.0. The van der Waals surface area contributed by atoms with E-state index in [0.29, 0.717) is 22.6 Å². The average Bonchev–Trinajstić information content (AvgIpc) is 3.34. The Labute approximate surface area is 210 Å². The smallest absolute Gasteiger partial charge is 0.352 e. The second kappa shape index (κ2) is 11.7. The van der Waals surface area contributed by atoms with E-state index in [9.17, 15) is 14.5 Å². The Balaban J connectivity index is 1.91. The molecule has 1 heterocycles. The molecule has 1 N–H and O–H groups in total. The topological polar surface area (TPSA) is 94.5 Å². The summed E-state index contributed by atoms with van der Waals surface area (Å²) < 4.78 is 36.9. The van der Waals surface area contributed by atoms with E-state index < -0.39 is 25.4 Å². The number of carboxylic acid groups (broad SMARTS) is 1. The van der Waals surface area contributed by atoms with Gasteiger partial charge in [-0.05, 0) is 42.7 Å². The Hall–Kier alpha value is -3.16. The molecule has 2 atom stereocenters. The van der Waals surface area contributed by atoms with Gasteiger partial charge in [0.15, 0.2) is 11.5 Å². The minimum atomic E-state index is -3.87. The number of aliphatic carboxylic acids is 1. The summed E-state index contributed by atoms with van der Waals surface area (Å²) in [5.74, 6) is -1.09. The first-order chi connectivity index (χ1) is 17.5. The number of hydrogen-bond acceptors (Lipinski definition) is 7. The zero-order valence-corrected chi connectivity index (χ0v) is 21.2. The van der Waals surface area contributed by atoms with Crippen LogP contribution in [0.2, 0.25) is 0 Å². The highest BCUT2D eigenvalue weighted by atomic mass is 31.2.